The summed E-state index contributed by atoms with van der Waals surface area (Å²) >= 11 is 0. The molecule has 1 aliphatic rings. The number of carbonyl (C=O) groups is 1. The van der Waals surface area contributed by atoms with Crippen molar-refractivity contribution in [1.82, 2.24) is 25.1 Å². The van der Waals surface area contributed by atoms with Gasteiger partial charge >= 0.3 is 0 Å². The predicted molar refractivity (Wildman–Crippen MR) is 87.4 cm³/mol. The third-order valence-corrected chi connectivity index (χ3v) is 4.30. The van der Waals surface area contributed by atoms with Gasteiger partial charge in [-0.25, -0.2) is 0 Å². The van der Waals surface area contributed by atoms with Crippen LogP contribution in [0.5, 0.6) is 0 Å². The van der Waals surface area contributed by atoms with Crippen LogP contribution in [-0.2, 0) is 13.0 Å². The van der Waals surface area contributed by atoms with E-state index in [1.54, 1.807) is 0 Å². The van der Waals surface area contributed by atoms with E-state index in [0.29, 0.717) is 11.5 Å². The topological polar surface area (TPSA) is 72.7 Å². The molecule has 0 unspecified atom stereocenters. The van der Waals surface area contributed by atoms with E-state index in [9.17, 15) is 4.79 Å². The quantitative estimate of drug-likeness (QED) is 0.942. The number of carbonyl (C=O) groups excluding carboxylic acids is 1. The molecule has 0 aromatic carbocycles. The number of amides is 1. The van der Waals surface area contributed by atoms with Gasteiger partial charge in [-0.2, -0.15) is 0 Å². The minimum Gasteiger partial charge on any atom is -0.347 e. The predicted octanol–water partition coefficient (Wildman–Crippen LogP) is 2.16. The highest BCUT2D eigenvalue weighted by Gasteiger charge is 2.25. The summed E-state index contributed by atoms with van der Waals surface area (Å²) in [7, 11) is 0. The van der Waals surface area contributed by atoms with Gasteiger partial charge in [-0.1, -0.05) is 13.8 Å². The zero-order valence-electron chi connectivity index (χ0n) is 14.1. The molecule has 0 spiro atoms. The van der Waals surface area contributed by atoms with E-state index in [1.807, 2.05) is 26.0 Å². The largest absolute Gasteiger partial charge is 0.347 e. The van der Waals surface area contributed by atoms with Crippen molar-refractivity contribution in [2.24, 2.45) is 0 Å². The molecule has 0 bridgehead atoms. The van der Waals surface area contributed by atoms with E-state index in [1.165, 1.54) is 0 Å². The molecule has 2 aromatic heterocycles. The van der Waals surface area contributed by atoms with Crippen LogP contribution in [0.25, 0.3) is 0 Å². The fourth-order valence-corrected chi connectivity index (χ4v) is 3.08. The van der Waals surface area contributed by atoms with Gasteiger partial charge in [0.15, 0.2) is 0 Å². The van der Waals surface area contributed by atoms with E-state index >= 15 is 0 Å². The number of rotatable bonds is 3. The van der Waals surface area contributed by atoms with Crippen molar-refractivity contribution < 1.29 is 4.79 Å². The normalized spacial score (nSPS) is 17.2. The molecule has 6 heteroatoms. The third-order valence-electron chi connectivity index (χ3n) is 4.30. The maximum Gasteiger partial charge on any atom is 0.253 e. The molecule has 3 heterocycles. The Balaban J connectivity index is 1.74. The Hall–Kier alpha value is -2.24. The lowest BCUT2D eigenvalue weighted by Crippen LogP contribution is -2.41. The Labute approximate surface area is 136 Å². The van der Waals surface area contributed by atoms with Gasteiger partial charge in [0, 0.05) is 30.6 Å². The average molecular weight is 313 g/mol. The lowest BCUT2D eigenvalue weighted by atomic mass is 10.0. The van der Waals surface area contributed by atoms with E-state index in [-0.39, 0.29) is 11.9 Å². The highest BCUT2D eigenvalue weighted by atomic mass is 16.1. The van der Waals surface area contributed by atoms with Crippen molar-refractivity contribution in [2.75, 3.05) is 0 Å². The van der Waals surface area contributed by atoms with Crippen molar-refractivity contribution in [1.29, 1.82) is 0 Å². The molecule has 23 heavy (non-hydrogen) atoms. The standard InChI is InChI=1S/C17H23N5O/c1-10(2)16-21-20-15-8-6-13(9-22(15)16)19-17(23)14-7-5-11(3)18-12(14)4/h5,7,10,13H,6,8-9H2,1-4H3,(H,19,23)/t13-/m0/s1. The van der Waals surface area contributed by atoms with Crippen LogP contribution < -0.4 is 5.32 Å². The Morgan fingerprint density at radius 1 is 1.30 bits per heavy atom. The fourth-order valence-electron chi connectivity index (χ4n) is 3.08. The zero-order valence-corrected chi connectivity index (χ0v) is 14.1. The first kappa shape index (κ1) is 15.6. The number of hydrogen-bond acceptors (Lipinski definition) is 4. The van der Waals surface area contributed by atoms with Gasteiger partial charge in [0.1, 0.15) is 11.6 Å². The van der Waals surface area contributed by atoms with Gasteiger partial charge in [-0.15, -0.1) is 10.2 Å². The van der Waals surface area contributed by atoms with E-state index < -0.39 is 0 Å². The molecule has 2 aromatic rings. The second-order valence-corrected chi connectivity index (χ2v) is 6.53. The SMILES string of the molecule is Cc1ccc(C(=O)N[C@H]2CCc3nnc(C(C)C)n3C2)c(C)n1. The second kappa shape index (κ2) is 6.10. The average Bonchev–Trinajstić information content (AvgIpc) is 2.90. The van der Waals surface area contributed by atoms with E-state index in [2.05, 4.69) is 38.9 Å². The highest BCUT2D eigenvalue weighted by molar-refractivity contribution is 5.95. The lowest BCUT2D eigenvalue weighted by Gasteiger charge is -2.26. The number of fused-ring (bicyclic) bond motifs is 1. The van der Waals surface area contributed by atoms with Crippen LogP contribution in [0.4, 0.5) is 0 Å². The van der Waals surface area contributed by atoms with Crippen LogP contribution in [0.3, 0.4) is 0 Å². The third kappa shape index (κ3) is 3.11. The van der Waals surface area contributed by atoms with Crippen molar-refractivity contribution in [3.63, 3.8) is 0 Å². The van der Waals surface area contributed by atoms with Crippen LogP contribution in [-0.4, -0.2) is 31.7 Å². The van der Waals surface area contributed by atoms with Gasteiger partial charge in [0.2, 0.25) is 0 Å². The van der Waals surface area contributed by atoms with Crippen LogP contribution in [0.15, 0.2) is 12.1 Å². The van der Waals surface area contributed by atoms with Crippen LogP contribution in [0, 0.1) is 13.8 Å². The maximum atomic E-state index is 12.5. The number of nitrogens with zero attached hydrogens (tertiary/aromatic N) is 4. The molecule has 0 saturated carbocycles. The van der Waals surface area contributed by atoms with Gasteiger partial charge in [-0.05, 0) is 32.4 Å². The molecule has 0 fully saturated rings. The molecule has 1 N–H and O–H groups in total. The van der Waals surface area contributed by atoms with Crippen LogP contribution in [0.2, 0.25) is 0 Å². The molecule has 1 atom stereocenters. The van der Waals surface area contributed by atoms with Crippen molar-refractivity contribution in [3.05, 3.63) is 40.7 Å². The Morgan fingerprint density at radius 3 is 2.78 bits per heavy atom. The molecule has 1 aliphatic heterocycles. The Bertz CT molecular complexity index is 735. The van der Waals surface area contributed by atoms with Gasteiger partial charge in [0.25, 0.3) is 5.91 Å². The summed E-state index contributed by atoms with van der Waals surface area (Å²) in [6.07, 6.45) is 1.73. The number of aryl methyl sites for hydroxylation is 3. The summed E-state index contributed by atoms with van der Waals surface area (Å²) < 4.78 is 2.15. The lowest BCUT2D eigenvalue weighted by molar-refractivity contribution is 0.0926. The summed E-state index contributed by atoms with van der Waals surface area (Å²) in [6.45, 7) is 8.76. The summed E-state index contributed by atoms with van der Waals surface area (Å²) in [5, 5.41) is 11.7. The zero-order chi connectivity index (χ0) is 16.6. The first-order valence-corrected chi connectivity index (χ1v) is 8.12. The smallest absolute Gasteiger partial charge is 0.253 e. The number of aromatic nitrogens is 4. The fraction of sp³-hybridized carbons (Fsp3) is 0.529. The monoisotopic (exact) mass is 313 g/mol. The molecule has 0 saturated heterocycles. The molecule has 6 nitrogen and oxygen atoms in total. The minimum absolute atomic E-state index is 0.0531. The molecule has 122 valence electrons. The summed E-state index contributed by atoms with van der Waals surface area (Å²) in [5.74, 6) is 2.29. The molecule has 0 radical (unpaired) electrons. The van der Waals surface area contributed by atoms with Crippen molar-refractivity contribution >= 4 is 5.91 Å². The van der Waals surface area contributed by atoms with Crippen LogP contribution >= 0.6 is 0 Å². The Kier molecular flexibility index (Phi) is 4.15. The minimum atomic E-state index is -0.0531. The van der Waals surface area contributed by atoms with Gasteiger partial charge < -0.3 is 9.88 Å². The summed E-state index contributed by atoms with van der Waals surface area (Å²) in [5.41, 5.74) is 2.34. The van der Waals surface area contributed by atoms with Crippen molar-refractivity contribution in [3.8, 4) is 0 Å². The summed E-state index contributed by atoms with van der Waals surface area (Å²) in [6, 6.07) is 3.82. The van der Waals surface area contributed by atoms with E-state index in [0.717, 1.165) is 42.4 Å². The van der Waals surface area contributed by atoms with Gasteiger partial charge in [-0.3, -0.25) is 9.78 Å². The van der Waals surface area contributed by atoms with E-state index in [4.69, 9.17) is 0 Å². The number of nitrogens with one attached hydrogen (secondary N) is 1. The second-order valence-electron chi connectivity index (χ2n) is 6.53. The van der Waals surface area contributed by atoms with Crippen molar-refractivity contribution in [2.45, 2.75) is 59.0 Å². The first-order valence-electron chi connectivity index (χ1n) is 8.12. The van der Waals surface area contributed by atoms with Crippen LogP contribution in [0.1, 0.15) is 59.6 Å². The number of hydrogen-bond donors (Lipinski definition) is 1. The summed E-state index contributed by atoms with van der Waals surface area (Å²) in [4.78, 5) is 16.9. The number of pyridine rings is 1. The molecule has 3 rings (SSSR count). The molecule has 1 amide bonds. The molecule has 0 aliphatic carbocycles. The highest BCUT2D eigenvalue weighted by Crippen LogP contribution is 2.20. The molecular weight excluding hydrogens is 290 g/mol. The van der Waals surface area contributed by atoms with Gasteiger partial charge in [0.05, 0.1) is 11.3 Å². The first-order chi connectivity index (χ1) is 11.0. The Morgan fingerprint density at radius 2 is 2.09 bits per heavy atom. The maximum absolute atomic E-state index is 12.5. The molecular formula is C17H23N5O.